The van der Waals surface area contributed by atoms with Crippen molar-refractivity contribution in [3.8, 4) is 5.75 Å². The third kappa shape index (κ3) is 6.16. The number of hydrogen-bond donors (Lipinski definition) is 3. The van der Waals surface area contributed by atoms with E-state index in [2.05, 4.69) is 4.74 Å². The molecule has 0 aliphatic rings. The number of rotatable bonds is 10. The van der Waals surface area contributed by atoms with Crippen LogP contribution in [0.4, 0.5) is 27.6 Å². The summed E-state index contributed by atoms with van der Waals surface area (Å²) in [6.07, 6.45) is -6.77. The summed E-state index contributed by atoms with van der Waals surface area (Å²) in [4.78, 5) is 46.6. The van der Waals surface area contributed by atoms with Gasteiger partial charge < -0.3 is 20.3 Å². The lowest BCUT2D eigenvalue weighted by Gasteiger charge is -2.27. The highest BCUT2D eigenvalue weighted by atomic mass is 127. The molecule has 0 atom stereocenters. The van der Waals surface area contributed by atoms with E-state index < -0.39 is 70.4 Å². The van der Waals surface area contributed by atoms with Crippen LogP contribution in [0.25, 0.3) is 0 Å². The molecule has 0 fully saturated rings. The van der Waals surface area contributed by atoms with Crippen LogP contribution in [0.5, 0.6) is 5.75 Å². The second-order valence-electron chi connectivity index (χ2n) is 7.17. The zero-order valence-corrected chi connectivity index (χ0v) is 19.7. The van der Waals surface area contributed by atoms with Crippen LogP contribution >= 0.6 is 22.6 Å². The van der Waals surface area contributed by atoms with Crippen LogP contribution in [0.2, 0.25) is 0 Å². The fourth-order valence-electron chi connectivity index (χ4n) is 2.76. The summed E-state index contributed by atoms with van der Waals surface area (Å²) in [7, 11) is 0. The van der Waals surface area contributed by atoms with E-state index in [1.807, 2.05) is 22.6 Å². The lowest BCUT2D eigenvalue weighted by atomic mass is 9.90. The fourth-order valence-corrected chi connectivity index (χ4v) is 3.34. The Morgan fingerprint density at radius 3 is 2.11 bits per heavy atom. The highest BCUT2D eigenvalue weighted by Crippen LogP contribution is 2.37. The molecule has 2 aromatic rings. The number of benzene rings is 2. The van der Waals surface area contributed by atoms with E-state index in [1.54, 1.807) is 17.4 Å². The summed E-state index contributed by atoms with van der Waals surface area (Å²) in [6, 6.07) is 7.71. The van der Waals surface area contributed by atoms with Gasteiger partial charge in [0.1, 0.15) is 0 Å². The lowest BCUT2D eigenvalue weighted by Crippen LogP contribution is -2.61. The molecular weight excluding hydrogens is 618 g/mol. The van der Waals surface area contributed by atoms with Gasteiger partial charge in [0.15, 0.2) is 12.4 Å². The quantitative estimate of drug-likeness (QED) is 0.118. The first-order valence-electron chi connectivity index (χ1n) is 9.40. The van der Waals surface area contributed by atoms with Gasteiger partial charge >= 0.3 is 29.7 Å². The van der Waals surface area contributed by atoms with E-state index in [4.69, 9.17) is 0 Å². The van der Waals surface area contributed by atoms with Gasteiger partial charge in [-0.25, -0.2) is 9.59 Å². The van der Waals surface area contributed by atoms with Gasteiger partial charge in [0.05, 0.1) is 4.92 Å². The first-order valence-corrected chi connectivity index (χ1v) is 10.5. The van der Waals surface area contributed by atoms with Crippen molar-refractivity contribution in [3.05, 3.63) is 67.3 Å². The van der Waals surface area contributed by atoms with E-state index in [0.717, 1.165) is 0 Å². The molecule has 0 heterocycles. The summed E-state index contributed by atoms with van der Waals surface area (Å²) < 4.78 is 68.4. The molecule has 3 N–H and O–H groups in total. The van der Waals surface area contributed by atoms with E-state index in [0.29, 0.717) is 21.8 Å². The Balaban J connectivity index is 2.45. The molecule has 1 amide bonds. The number of amides is 1. The van der Waals surface area contributed by atoms with Gasteiger partial charge in [0.25, 0.3) is 5.91 Å². The molecule has 16 heteroatoms. The molecule has 0 aromatic heterocycles. The molecule has 0 bridgehead atoms. The van der Waals surface area contributed by atoms with Crippen molar-refractivity contribution in [2.75, 3.05) is 6.61 Å². The Morgan fingerprint density at radius 1 is 1.03 bits per heavy atom. The van der Waals surface area contributed by atoms with Crippen LogP contribution in [0.15, 0.2) is 42.5 Å². The summed E-state index contributed by atoms with van der Waals surface area (Å²) in [5.74, 6) is -12.0. The Morgan fingerprint density at radius 2 is 1.61 bits per heavy atom. The van der Waals surface area contributed by atoms with Gasteiger partial charge in [-0.1, -0.05) is 18.2 Å². The van der Waals surface area contributed by atoms with Crippen molar-refractivity contribution in [2.45, 2.75) is 24.1 Å². The largest absolute Gasteiger partial charge is 0.480 e. The number of carbonyl (C=O) groups is 3. The predicted molar refractivity (Wildman–Crippen MR) is 118 cm³/mol. The minimum atomic E-state index is -6.03. The van der Waals surface area contributed by atoms with Crippen molar-refractivity contribution < 1.29 is 56.2 Å². The molecule has 0 aliphatic carbocycles. The topological polar surface area (TPSA) is 156 Å². The SMILES string of the molecule is O=C(NC(Cc1ccccc1I)(C(=O)O)C(=O)O)c1ccc([N+](=O)[O-])c(OCC(F)(F)C(F)(F)F)c1. The predicted octanol–water partition coefficient (Wildman–Crippen LogP) is 3.66. The maximum atomic E-state index is 13.2. The van der Waals surface area contributed by atoms with Crippen molar-refractivity contribution >= 4 is 46.1 Å². The maximum Gasteiger partial charge on any atom is 0.456 e. The van der Waals surface area contributed by atoms with Gasteiger partial charge in [0, 0.05) is 27.7 Å². The van der Waals surface area contributed by atoms with Gasteiger partial charge in [-0.3, -0.25) is 14.9 Å². The summed E-state index contributed by atoms with van der Waals surface area (Å²) in [5.41, 5.74) is -4.50. The van der Waals surface area contributed by atoms with Crippen LogP contribution in [-0.4, -0.2) is 57.2 Å². The Hall–Kier alpha value is -3.57. The highest BCUT2D eigenvalue weighted by Gasteiger charge is 2.58. The van der Waals surface area contributed by atoms with E-state index in [9.17, 15) is 56.7 Å². The summed E-state index contributed by atoms with van der Waals surface area (Å²) in [5, 5.41) is 32.2. The van der Waals surface area contributed by atoms with Gasteiger partial charge in [-0.2, -0.15) is 22.0 Å². The van der Waals surface area contributed by atoms with Crippen molar-refractivity contribution in [3.63, 3.8) is 0 Å². The number of nitrogens with zero attached hydrogens (tertiary/aromatic N) is 1. The van der Waals surface area contributed by atoms with Crippen LogP contribution in [-0.2, 0) is 16.0 Å². The number of ether oxygens (including phenoxy) is 1. The number of hydrogen-bond acceptors (Lipinski definition) is 6. The van der Waals surface area contributed by atoms with Crippen LogP contribution in [0, 0.1) is 13.7 Å². The number of carbonyl (C=O) groups excluding carboxylic acids is 1. The minimum Gasteiger partial charge on any atom is -0.480 e. The number of nitro groups is 1. The number of nitrogens with one attached hydrogen (secondary N) is 1. The second-order valence-corrected chi connectivity index (χ2v) is 8.33. The Bertz CT molecular complexity index is 1190. The number of nitro benzene ring substituents is 1. The zero-order valence-electron chi connectivity index (χ0n) is 17.5. The molecule has 0 saturated heterocycles. The van der Waals surface area contributed by atoms with Gasteiger partial charge in [-0.05, 0) is 40.3 Å². The first kappa shape index (κ1) is 28.7. The molecule has 36 heavy (non-hydrogen) atoms. The monoisotopic (exact) mass is 632 g/mol. The zero-order chi connectivity index (χ0) is 27.5. The standard InChI is InChI=1S/C20H14F5IN2O8/c21-19(22,20(23,24)25)9-36-14-7-10(5-6-13(14)28(34)35)15(29)27-18(16(30)31,17(32)33)8-11-3-1-2-4-12(11)26/h1-7H,8-9H2,(H,27,29)(H,30,31)(H,32,33). The van der Waals surface area contributed by atoms with Crippen LogP contribution in [0.3, 0.4) is 0 Å². The molecule has 0 aliphatic heterocycles. The van der Waals surface area contributed by atoms with Crippen molar-refractivity contribution in [2.24, 2.45) is 0 Å². The third-order valence-corrected chi connectivity index (χ3v) is 5.77. The number of carboxylic acids is 2. The Kier molecular flexibility index (Phi) is 8.43. The molecule has 2 aromatic carbocycles. The molecule has 0 spiro atoms. The lowest BCUT2D eigenvalue weighted by molar-refractivity contribution is -0.386. The number of aliphatic carboxylic acids is 2. The maximum absolute atomic E-state index is 13.2. The smallest absolute Gasteiger partial charge is 0.456 e. The first-order chi connectivity index (χ1) is 16.5. The number of alkyl halides is 5. The molecular formula is C20H14F5IN2O8. The summed E-state index contributed by atoms with van der Waals surface area (Å²) in [6.45, 7) is -2.36. The van der Waals surface area contributed by atoms with Crippen molar-refractivity contribution in [1.82, 2.24) is 5.32 Å². The average Bonchev–Trinajstić information content (AvgIpc) is 2.77. The molecule has 194 valence electrons. The van der Waals surface area contributed by atoms with Crippen LogP contribution in [0.1, 0.15) is 15.9 Å². The normalized spacial score (nSPS) is 12.1. The highest BCUT2D eigenvalue weighted by molar-refractivity contribution is 14.1. The fraction of sp³-hybridized carbons (Fsp3) is 0.250. The molecule has 10 nitrogen and oxygen atoms in total. The van der Waals surface area contributed by atoms with Gasteiger partial charge in [0.2, 0.25) is 5.54 Å². The molecule has 0 radical (unpaired) electrons. The van der Waals surface area contributed by atoms with Crippen LogP contribution < -0.4 is 10.1 Å². The van der Waals surface area contributed by atoms with E-state index in [-0.39, 0.29) is 5.56 Å². The number of halogens is 6. The molecule has 0 saturated carbocycles. The second kappa shape index (κ2) is 10.6. The van der Waals surface area contributed by atoms with E-state index >= 15 is 0 Å². The van der Waals surface area contributed by atoms with E-state index in [1.165, 1.54) is 12.1 Å². The van der Waals surface area contributed by atoms with Gasteiger partial charge in [-0.15, -0.1) is 0 Å². The molecule has 0 unspecified atom stereocenters. The minimum absolute atomic E-state index is 0.227. The Labute approximate surface area is 211 Å². The average molecular weight is 632 g/mol. The molecule has 2 rings (SSSR count). The third-order valence-electron chi connectivity index (χ3n) is 4.71. The summed E-state index contributed by atoms with van der Waals surface area (Å²) >= 11 is 1.81. The number of carboxylic acid groups (broad SMARTS) is 2. The van der Waals surface area contributed by atoms with Crippen molar-refractivity contribution in [1.29, 1.82) is 0 Å².